The predicted molar refractivity (Wildman–Crippen MR) is 91.7 cm³/mol. The highest BCUT2D eigenvalue weighted by atomic mass is 16.1. The van der Waals surface area contributed by atoms with Gasteiger partial charge in [0.1, 0.15) is 0 Å². The Balaban J connectivity index is 1.80. The van der Waals surface area contributed by atoms with Gasteiger partial charge in [0.2, 0.25) is 0 Å². The first kappa shape index (κ1) is 14.6. The van der Waals surface area contributed by atoms with Crippen molar-refractivity contribution in [2.24, 2.45) is 0 Å². The molecule has 0 aliphatic carbocycles. The summed E-state index contributed by atoms with van der Waals surface area (Å²) in [4.78, 5) is 12.4. The summed E-state index contributed by atoms with van der Waals surface area (Å²) in [5.74, 6) is 0.429. The van der Waals surface area contributed by atoms with E-state index in [-0.39, 0.29) is 5.91 Å². The van der Waals surface area contributed by atoms with Crippen LogP contribution < -0.4 is 10.6 Å². The van der Waals surface area contributed by atoms with Gasteiger partial charge in [-0.2, -0.15) is 0 Å². The molecule has 2 N–H and O–H groups in total. The SMILES string of the molecule is CC(C)c1ccc(C(=O)Nc2cccc3c2CCCN3)cc1. The Bertz CT molecular complexity index is 674. The normalized spacial score (nSPS) is 13.4. The lowest BCUT2D eigenvalue weighted by atomic mass is 10.0. The average molecular weight is 294 g/mol. The molecule has 0 fully saturated rings. The maximum Gasteiger partial charge on any atom is 0.255 e. The molecule has 0 saturated carbocycles. The number of anilines is 2. The third-order valence-corrected chi connectivity index (χ3v) is 4.18. The van der Waals surface area contributed by atoms with Crippen LogP contribution in [0.4, 0.5) is 11.4 Å². The van der Waals surface area contributed by atoms with E-state index in [1.807, 2.05) is 36.4 Å². The second kappa shape index (κ2) is 6.22. The van der Waals surface area contributed by atoms with Gasteiger partial charge in [0.25, 0.3) is 5.91 Å². The minimum Gasteiger partial charge on any atom is -0.385 e. The summed E-state index contributed by atoms with van der Waals surface area (Å²) >= 11 is 0. The van der Waals surface area contributed by atoms with Crippen molar-refractivity contribution in [3.63, 3.8) is 0 Å². The third kappa shape index (κ3) is 2.98. The predicted octanol–water partition coefficient (Wildman–Crippen LogP) is 4.42. The average Bonchev–Trinajstić information content (AvgIpc) is 2.55. The Morgan fingerprint density at radius 1 is 1.14 bits per heavy atom. The number of nitrogens with one attached hydrogen (secondary N) is 2. The molecule has 2 aromatic carbocycles. The zero-order chi connectivity index (χ0) is 15.5. The molecule has 0 spiro atoms. The first-order chi connectivity index (χ1) is 10.6. The highest BCUT2D eigenvalue weighted by Gasteiger charge is 2.15. The smallest absolute Gasteiger partial charge is 0.255 e. The molecule has 3 rings (SSSR count). The molecule has 114 valence electrons. The summed E-state index contributed by atoms with van der Waals surface area (Å²) in [7, 11) is 0. The maximum atomic E-state index is 12.4. The number of fused-ring (bicyclic) bond motifs is 1. The van der Waals surface area contributed by atoms with E-state index in [4.69, 9.17) is 0 Å². The van der Waals surface area contributed by atoms with Crippen molar-refractivity contribution in [3.05, 3.63) is 59.2 Å². The summed E-state index contributed by atoms with van der Waals surface area (Å²) in [6, 6.07) is 13.9. The van der Waals surface area contributed by atoms with Gasteiger partial charge in [0.15, 0.2) is 0 Å². The summed E-state index contributed by atoms with van der Waals surface area (Å²) in [6.45, 7) is 5.30. The second-order valence-corrected chi connectivity index (χ2v) is 6.09. The van der Waals surface area contributed by atoms with Gasteiger partial charge in [-0.05, 0) is 54.2 Å². The van der Waals surface area contributed by atoms with E-state index in [0.717, 1.165) is 30.8 Å². The topological polar surface area (TPSA) is 41.1 Å². The van der Waals surface area contributed by atoms with E-state index in [0.29, 0.717) is 11.5 Å². The third-order valence-electron chi connectivity index (χ3n) is 4.18. The van der Waals surface area contributed by atoms with Crippen molar-refractivity contribution >= 4 is 17.3 Å². The molecule has 1 aliphatic rings. The molecule has 1 heterocycles. The number of amides is 1. The lowest BCUT2D eigenvalue weighted by Crippen LogP contribution is -2.17. The maximum absolute atomic E-state index is 12.4. The van der Waals surface area contributed by atoms with Crippen LogP contribution >= 0.6 is 0 Å². The summed E-state index contributed by atoms with van der Waals surface area (Å²) in [6.07, 6.45) is 2.11. The minimum absolute atomic E-state index is 0.0470. The molecular formula is C19H22N2O. The fourth-order valence-electron chi connectivity index (χ4n) is 2.84. The van der Waals surface area contributed by atoms with Crippen LogP contribution in [-0.2, 0) is 6.42 Å². The zero-order valence-electron chi connectivity index (χ0n) is 13.1. The quantitative estimate of drug-likeness (QED) is 0.879. The van der Waals surface area contributed by atoms with Crippen molar-refractivity contribution in [1.29, 1.82) is 0 Å². The van der Waals surface area contributed by atoms with E-state index < -0.39 is 0 Å². The standard InChI is InChI=1S/C19H22N2O/c1-13(2)14-8-10-15(11-9-14)19(22)21-18-7-3-6-17-16(18)5-4-12-20-17/h3,6-11,13,20H,4-5,12H2,1-2H3,(H,21,22). The Kier molecular flexibility index (Phi) is 4.14. The fraction of sp³-hybridized carbons (Fsp3) is 0.316. The van der Waals surface area contributed by atoms with Crippen LogP contribution in [0, 0.1) is 0 Å². The number of carbonyl (C=O) groups is 1. The van der Waals surface area contributed by atoms with Crippen LogP contribution in [0.15, 0.2) is 42.5 Å². The molecule has 0 atom stereocenters. The van der Waals surface area contributed by atoms with Crippen LogP contribution in [0.2, 0.25) is 0 Å². The molecule has 3 heteroatoms. The molecule has 0 radical (unpaired) electrons. The van der Waals surface area contributed by atoms with Gasteiger partial charge in [0.05, 0.1) is 0 Å². The first-order valence-corrected chi connectivity index (χ1v) is 7.92. The van der Waals surface area contributed by atoms with Crippen molar-refractivity contribution < 1.29 is 4.79 Å². The molecule has 0 aromatic heterocycles. The Labute approximate surface area is 131 Å². The molecule has 3 nitrogen and oxygen atoms in total. The van der Waals surface area contributed by atoms with Crippen molar-refractivity contribution in [3.8, 4) is 0 Å². The van der Waals surface area contributed by atoms with E-state index in [2.05, 4.69) is 30.5 Å². The number of hydrogen-bond donors (Lipinski definition) is 2. The first-order valence-electron chi connectivity index (χ1n) is 7.92. The van der Waals surface area contributed by atoms with Gasteiger partial charge in [-0.1, -0.05) is 32.0 Å². The number of hydrogen-bond acceptors (Lipinski definition) is 2. The monoisotopic (exact) mass is 294 g/mol. The number of benzene rings is 2. The van der Waals surface area contributed by atoms with Crippen LogP contribution in [0.3, 0.4) is 0 Å². The van der Waals surface area contributed by atoms with E-state index in [1.54, 1.807) is 0 Å². The van der Waals surface area contributed by atoms with E-state index >= 15 is 0 Å². The molecule has 1 amide bonds. The van der Waals surface area contributed by atoms with Gasteiger partial charge < -0.3 is 10.6 Å². The lowest BCUT2D eigenvalue weighted by molar-refractivity contribution is 0.102. The summed E-state index contributed by atoms with van der Waals surface area (Å²) in [5.41, 5.74) is 5.21. The van der Waals surface area contributed by atoms with Gasteiger partial charge in [-0.25, -0.2) is 0 Å². The molecule has 22 heavy (non-hydrogen) atoms. The highest BCUT2D eigenvalue weighted by Crippen LogP contribution is 2.29. The van der Waals surface area contributed by atoms with E-state index in [9.17, 15) is 4.79 Å². The zero-order valence-corrected chi connectivity index (χ0v) is 13.1. The number of carbonyl (C=O) groups excluding carboxylic acids is 1. The van der Waals surface area contributed by atoms with Crippen LogP contribution in [-0.4, -0.2) is 12.5 Å². The van der Waals surface area contributed by atoms with Crippen molar-refractivity contribution in [2.75, 3.05) is 17.2 Å². The molecule has 0 bridgehead atoms. The highest BCUT2D eigenvalue weighted by molar-refractivity contribution is 6.05. The van der Waals surface area contributed by atoms with Gasteiger partial charge in [0, 0.05) is 23.5 Å². The summed E-state index contributed by atoms with van der Waals surface area (Å²) in [5, 5.41) is 6.44. The van der Waals surface area contributed by atoms with Crippen molar-refractivity contribution in [2.45, 2.75) is 32.6 Å². The molecular weight excluding hydrogens is 272 g/mol. The second-order valence-electron chi connectivity index (χ2n) is 6.09. The largest absolute Gasteiger partial charge is 0.385 e. The van der Waals surface area contributed by atoms with Crippen LogP contribution in [0.25, 0.3) is 0 Å². The molecule has 1 aliphatic heterocycles. The van der Waals surface area contributed by atoms with Gasteiger partial charge >= 0.3 is 0 Å². The molecule has 2 aromatic rings. The summed E-state index contributed by atoms with van der Waals surface area (Å²) < 4.78 is 0. The molecule has 0 saturated heterocycles. The van der Waals surface area contributed by atoms with Gasteiger partial charge in [-0.3, -0.25) is 4.79 Å². The van der Waals surface area contributed by atoms with Crippen LogP contribution in [0.5, 0.6) is 0 Å². The Morgan fingerprint density at radius 3 is 2.64 bits per heavy atom. The van der Waals surface area contributed by atoms with Crippen LogP contribution in [0.1, 0.15) is 47.7 Å². The Morgan fingerprint density at radius 2 is 1.91 bits per heavy atom. The molecule has 0 unspecified atom stereocenters. The van der Waals surface area contributed by atoms with E-state index in [1.165, 1.54) is 11.1 Å². The van der Waals surface area contributed by atoms with Gasteiger partial charge in [-0.15, -0.1) is 0 Å². The lowest BCUT2D eigenvalue weighted by Gasteiger charge is -2.21. The number of rotatable bonds is 3. The van der Waals surface area contributed by atoms with Crippen molar-refractivity contribution in [1.82, 2.24) is 0 Å². The fourth-order valence-corrected chi connectivity index (χ4v) is 2.84. The Hall–Kier alpha value is -2.29. The minimum atomic E-state index is -0.0470.